The molecule has 1 aliphatic rings. The van der Waals surface area contributed by atoms with Crippen molar-refractivity contribution < 1.29 is 9.90 Å². The van der Waals surface area contributed by atoms with Gasteiger partial charge < -0.3 is 10.1 Å². The maximum absolute atomic E-state index is 11.8. The van der Waals surface area contributed by atoms with Crippen LogP contribution in [-0.4, -0.2) is 39.0 Å². The molecule has 0 unspecified atom stereocenters. The Morgan fingerprint density at radius 2 is 1.66 bits per heavy atom. The normalized spacial score (nSPS) is 14.7. The van der Waals surface area contributed by atoms with Gasteiger partial charge in [-0.25, -0.2) is 9.78 Å². The summed E-state index contributed by atoms with van der Waals surface area (Å²) in [5, 5.41) is 9.64. The number of piperidine rings is 1. The number of fused-ring (bicyclic) bond motifs is 1. The summed E-state index contributed by atoms with van der Waals surface area (Å²) in [5.74, 6) is -0.259. The molecule has 1 saturated heterocycles. The zero-order valence-electron chi connectivity index (χ0n) is 18.3. The van der Waals surface area contributed by atoms with Crippen LogP contribution in [0.1, 0.15) is 41.0 Å². The van der Waals surface area contributed by atoms with E-state index in [1.54, 1.807) is 6.07 Å². The van der Waals surface area contributed by atoms with Crippen LogP contribution in [0.5, 0.6) is 0 Å². The van der Waals surface area contributed by atoms with Crippen LogP contribution in [0.2, 0.25) is 0 Å². The van der Waals surface area contributed by atoms with Crippen molar-refractivity contribution in [3.05, 3.63) is 77.6 Å². The number of rotatable bonds is 5. The van der Waals surface area contributed by atoms with E-state index in [4.69, 9.17) is 0 Å². The number of H-pyrrole nitrogens is 1. The van der Waals surface area contributed by atoms with Gasteiger partial charge in [0.25, 0.3) is 0 Å². The highest BCUT2D eigenvalue weighted by Gasteiger charge is 2.15. The van der Waals surface area contributed by atoms with Crippen molar-refractivity contribution in [3.63, 3.8) is 0 Å². The molecule has 0 amide bonds. The highest BCUT2D eigenvalue weighted by Crippen LogP contribution is 2.29. The first kappa shape index (κ1) is 20.5. The average molecular weight is 426 g/mol. The van der Waals surface area contributed by atoms with E-state index in [0.29, 0.717) is 11.3 Å². The van der Waals surface area contributed by atoms with E-state index >= 15 is 0 Å². The van der Waals surface area contributed by atoms with E-state index < -0.39 is 5.97 Å². The Hall–Kier alpha value is -3.44. The topological polar surface area (TPSA) is 69.2 Å². The Labute approximate surface area is 187 Å². The van der Waals surface area contributed by atoms with E-state index in [2.05, 4.69) is 63.4 Å². The first-order valence-corrected chi connectivity index (χ1v) is 11.2. The molecule has 32 heavy (non-hydrogen) atoms. The second kappa shape index (κ2) is 8.60. The lowest BCUT2D eigenvalue weighted by Gasteiger charge is -2.26. The number of hydrogen-bond acceptors (Lipinski definition) is 3. The van der Waals surface area contributed by atoms with E-state index in [0.717, 1.165) is 28.8 Å². The van der Waals surface area contributed by atoms with Gasteiger partial charge in [0.2, 0.25) is 0 Å². The molecular formula is C27H27N3O2. The molecule has 0 spiro atoms. The van der Waals surface area contributed by atoms with Gasteiger partial charge in [0.05, 0.1) is 11.1 Å². The molecule has 0 aliphatic carbocycles. The molecule has 5 heteroatoms. The molecule has 0 bridgehead atoms. The molecule has 5 rings (SSSR count). The number of nitrogens with zero attached hydrogens (tertiary/aromatic N) is 2. The number of aromatic carboxylic acids is 1. The van der Waals surface area contributed by atoms with Crippen molar-refractivity contribution in [2.75, 3.05) is 13.1 Å². The number of hydrogen-bond donors (Lipinski definition) is 2. The van der Waals surface area contributed by atoms with Crippen molar-refractivity contribution in [2.24, 2.45) is 0 Å². The first-order valence-electron chi connectivity index (χ1n) is 11.2. The van der Waals surface area contributed by atoms with Crippen LogP contribution in [0.3, 0.4) is 0 Å². The fraction of sp³-hybridized carbons (Fsp3) is 0.259. The summed E-state index contributed by atoms with van der Waals surface area (Å²) >= 11 is 0. The summed E-state index contributed by atoms with van der Waals surface area (Å²) in [7, 11) is 0. The first-order chi connectivity index (χ1) is 15.6. The van der Waals surface area contributed by atoms with Gasteiger partial charge in [-0.05, 0) is 78.9 Å². The Kier molecular flexibility index (Phi) is 5.50. The Morgan fingerprint density at radius 1 is 0.938 bits per heavy atom. The third-order valence-electron chi connectivity index (χ3n) is 6.27. The lowest BCUT2D eigenvalue weighted by atomic mass is 9.97. The van der Waals surface area contributed by atoms with Crippen LogP contribution in [-0.2, 0) is 6.54 Å². The minimum absolute atomic E-state index is 0.219. The van der Waals surface area contributed by atoms with Gasteiger partial charge in [0, 0.05) is 6.54 Å². The number of imidazole rings is 1. The molecule has 0 radical (unpaired) electrons. The van der Waals surface area contributed by atoms with E-state index in [-0.39, 0.29) is 5.56 Å². The van der Waals surface area contributed by atoms with Crippen molar-refractivity contribution in [1.29, 1.82) is 0 Å². The number of likely N-dealkylation sites (tertiary alicyclic amines) is 1. The Morgan fingerprint density at radius 3 is 2.38 bits per heavy atom. The number of aromatic nitrogens is 2. The van der Waals surface area contributed by atoms with Gasteiger partial charge in [-0.3, -0.25) is 4.90 Å². The van der Waals surface area contributed by atoms with E-state index in [1.165, 1.54) is 43.5 Å². The summed E-state index contributed by atoms with van der Waals surface area (Å²) in [6, 6.07) is 20.8. The lowest BCUT2D eigenvalue weighted by molar-refractivity contribution is 0.0699. The van der Waals surface area contributed by atoms with Gasteiger partial charge in [-0.15, -0.1) is 0 Å². The molecule has 0 saturated carbocycles. The minimum Gasteiger partial charge on any atom is -0.478 e. The standard InChI is InChI=1S/C27H27N3O2/c1-18-28-25-16-23(15-24(27(31)32)26(25)29-18)21-10-8-20(9-11-21)22-7-5-6-19(14-22)17-30-12-3-2-4-13-30/h5-11,14-16H,2-4,12-13,17H2,1H3,(H,28,29)(H,31,32). The van der Waals surface area contributed by atoms with Gasteiger partial charge in [-0.2, -0.15) is 0 Å². The predicted molar refractivity (Wildman–Crippen MR) is 128 cm³/mol. The number of benzene rings is 3. The number of nitrogens with one attached hydrogen (secondary N) is 1. The summed E-state index contributed by atoms with van der Waals surface area (Å²) in [6.07, 6.45) is 3.95. The number of carbonyl (C=O) groups is 1. The van der Waals surface area contributed by atoms with E-state index in [1.807, 2.05) is 13.0 Å². The quantitative estimate of drug-likeness (QED) is 0.418. The fourth-order valence-electron chi connectivity index (χ4n) is 4.65. The van der Waals surface area contributed by atoms with Crippen molar-refractivity contribution in [2.45, 2.75) is 32.7 Å². The van der Waals surface area contributed by atoms with Gasteiger partial charge in [-0.1, -0.05) is 48.9 Å². The molecule has 5 nitrogen and oxygen atoms in total. The molecule has 3 aromatic carbocycles. The van der Waals surface area contributed by atoms with Crippen LogP contribution in [0.15, 0.2) is 60.7 Å². The smallest absolute Gasteiger partial charge is 0.337 e. The number of aryl methyl sites for hydroxylation is 1. The molecule has 2 N–H and O–H groups in total. The second-order valence-electron chi connectivity index (χ2n) is 8.66. The highest BCUT2D eigenvalue weighted by molar-refractivity contribution is 6.03. The number of carboxylic acid groups (broad SMARTS) is 1. The van der Waals surface area contributed by atoms with Crippen LogP contribution >= 0.6 is 0 Å². The summed E-state index contributed by atoms with van der Waals surface area (Å²) in [5.41, 5.74) is 7.02. The van der Waals surface area contributed by atoms with Crippen molar-refractivity contribution >= 4 is 17.0 Å². The fourth-order valence-corrected chi connectivity index (χ4v) is 4.65. The Bertz CT molecular complexity index is 1270. The molecule has 162 valence electrons. The zero-order valence-corrected chi connectivity index (χ0v) is 18.3. The van der Waals surface area contributed by atoms with Crippen LogP contribution in [0, 0.1) is 6.92 Å². The monoisotopic (exact) mass is 425 g/mol. The van der Waals surface area contributed by atoms with Gasteiger partial charge in [0.15, 0.2) is 0 Å². The maximum Gasteiger partial charge on any atom is 0.337 e. The molecule has 2 heterocycles. The van der Waals surface area contributed by atoms with Crippen molar-refractivity contribution in [1.82, 2.24) is 14.9 Å². The summed E-state index contributed by atoms with van der Waals surface area (Å²) in [4.78, 5) is 21.8. The molecule has 0 atom stereocenters. The van der Waals surface area contributed by atoms with Crippen molar-refractivity contribution in [3.8, 4) is 22.3 Å². The summed E-state index contributed by atoms with van der Waals surface area (Å²) in [6.45, 7) is 5.22. The van der Waals surface area contributed by atoms with Gasteiger partial charge in [0.1, 0.15) is 11.3 Å². The lowest BCUT2D eigenvalue weighted by Crippen LogP contribution is -2.29. The molecular weight excluding hydrogens is 398 g/mol. The maximum atomic E-state index is 11.8. The average Bonchev–Trinajstić information content (AvgIpc) is 3.19. The summed E-state index contributed by atoms with van der Waals surface area (Å²) < 4.78 is 0. The van der Waals surface area contributed by atoms with Crippen LogP contribution in [0.4, 0.5) is 0 Å². The SMILES string of the molecule is Cc1nc2c(C(=O)O)cc(-c3ccc(-c4cccc(CN5CCCCC5)c4)cc3)cc2[nH]1. The molecule has 1 aromatic heterocycles. The molecule has 4 aromatic rings. The van der Waals surface area contributed by atoms with Gasteiger partial charge >= 0.3 is 5.97 Å². The Balaban J connectivity index is 1.42. The number of carboxylic acids is 1. The largest absolute Gasteiger partial charge is 0.478 e. The second-order valence-corrected chi connectivity index (χ2v) is 8.66. The van der Waals surface area contributed by atoms with Crippen LogP contribution < -0.4 is 0 Å². The molecule has 1 aliphatic heterocycles. The minimum atomic E-state index is -0.967. The zero-order chi connectivity index (χ0) is 22.1. The third kappa shape index (κ3) is 4.16. The molecule has 1 fully saturated rings. The van der Waals surface area contributed by atoms with E-state index in [9.17, 15) is 9.90 Å². The highest BCUT2D eigenvalue weighted by atomic mass is 16.4. The predicted octanol–water partition coefficient (Wildman–Crippen LogP) is 5.89. The van der Waals surface area contributed by atoms with Crippen LogP contribution in [0.25, 0.3) is 33.3 Å². The number of aromatic amines is 1. The third-order valence-corrected chi connectivity index (χ3v) is 6.27.